The molecule has 3 aromatic carbocycles. The Morgan fingerprint density at radius 2 is 1.62 bits per heavy atom. The number of benzene rings is 3. The predicted octanol–water partition coefficient (Wildman–Crippen LogP) is 4.29. The van der Waals surface area contributed by atoms with E-state index >= 15 is 0 Å². The maximum absolute atomic E-state index is 13.4. The van der Waals surface area contributed by atoms with Crippen LogP contribution in [0.2, 0.25) is 10.0 Å². The Morgan fingerprint density at radius 3 is 2.38 bits per heavy atom. The molecule has 0 unspecified atom stereocenters. The Kier molecular flexibility index (Phi) is 6.26. The third-order valence-corrected chi connectivity index (χ3v) is 6.19. The summed E-state index contributed by atoms with van der Waals surface area (Å²) in [6.45, 7) is 0.409. The maximum atomic E-state index is 13.4. The van der Waals surface area contributed by atoms with E-state index in [9.17, 15) is 19.8 Å². The van der Waals surface area contributed by atoms with E-state index in [4.69, 9.17) is 23.2 Å². The van der Waals surface area contributed by atoms with Crippen molar-refractivity contribution in [3.05, 3.63) is 93.0 Å². The zero-order valence-electron chi connectivity index (χ0n) is 16.9. The van der Waals surface area contributed by atoms with Crippen molar-refractivity contribution in [1.82, 2.24) is 10.2 Å². The van der Waals surface area contributed by atoms with Crippen LogP contribution in [0, 0.1) is 0 Å². The van der Waals surface area contributed by atoms with Crippen LogP contribution in [0.4, 0.5) is 0 Å². The van der Waals surface area contributed by atoms with Crippen LogP contribution in [-0.4, -0.2) is 33.0 Å². The summed E-state index contributed by atoms with van der Waals surface area (Å²) >= 11 is 12.1. The molecule has 3 aromatic rings. The van der Waals surface area contributed by atoms with Gasteiger partial charge in [0.2, 0.25) is 5.91 Å². The first-order valence-corrected chi connectivity index (χ1v) is 10.7. The average Bonchev–Trinajstić information content (AvgIpc) is 2.79. The van der Waals surface area contributed by atoms with Gasteiger partial charge in [0.05, 0.1) is 10.6 Å². The van der Waals surface area contributed by atoms with Crippen molar-refractivity contribution in [3.63, 3.8) is 0 Å². The summed E-state index contributed by atoms with van der Waals surface area (Å²) in [4.78, 5) is 27.9. The van der Waals surface area contributed by atoms with E-state index in [0.717, 1.165) is 22.8 Å². The number of hydrogen-bond acceptors (Lipinski definition) is 4. The second-order valence-electron chi connectivity index (χ2n) is 7.55. The third-order valence-electron chi connectivity index (χ3n) is 5.52. The van der Waals surface area contributed by atoms with Crippen molar-refractivity contribution >= 4 is 35.0 Å². The molecule has 0 radical (unpaired) electrons. The Hall–Kier alpha value is -3.22. The van der Waals surface area contributed by atoms with E-state index in [1.807, 2.05) is 36.4 Å². The minimum atomic E-state index is -0.799. The summed E-state index contributed by atoms with van der Waals surface area (Å²) in [5.41, 5.74) is 2.57. The minimum absolute atomic E-state index is 0.0664. The molecule has 0 saturated carbocycles. The Bertz CT molecular complexity index is 1200. The van der Waals surface area contributed by atoms with E-state index in [1.165, 1.54) is 11.0 Å². The number of amides is 2. The molecular weight excluding hydrogens is 451 g/mol. The fourth-order valence-electron chi connectivity index (χ4n) is 3.79. The quantitative estimate of drug-likeness (QED) is 0.530. The van der Waals surface area contributed by atoms with Gasteiger partial charge in [0, 0.05) is 30.6 Å². The Labute approximate surface area is 195 Å². The van der Waals surface area contributed by atoms with Gasteiger partial charge >= 0.3 is 0 Å². The summed E-state index contributed by atoms with van der Waals surface area (Å²) in [5.74, 6) is -1.64. The van der Waals surface area contributed by atoms with Crippen LogP contribution < -0.4 is 5.32 Å². The van der Waals surface area contributed by atoms with Crippen LogP contribution >= 0.6 is 23.2 Å². The van der Waals surface area contributed by atoms with E-state index in [1.54, 1.807) is 12.1 Å². The first kappa shape index (κ1) is 22.0. The number of fused-ring (bicyclic) bond motifs is 1. The second-order valence-corrected chi connectivity index (χ2v) is 8.37. The lowest BCUT2D eigenvalue weighted by Crippen LogP contribution is -2.52. The van der Waals surface area contributed by atoms with Gasteiger partial charge in [-0.3, -0.25) is 9.59 Å². The molecule has 1 aliphatic heterocycles. The zero-order valence-corrected chi connectivity index (χ0v) is 18.4. The molecule has 1 atom stereocenters. The van der Waals surface area contributed by atoms with Gasteiger partial charge < -0.3 is 20.4 Å². The van der Waals surface area contributed by atoms with Gasteiger partial charge in [-0.1, -0.05) is 65.7 Å². The summed E-state index contributed by atoms with van der Waals surface area (Å²) < 4.78 is 0. The molecule has 0 spiro atoms. The molecule has 164 valence electrons. The topological polar surface area (TPSA) is 89.9 Å². The largest absolute Gasteiger partial charge is 0.507 e. The third kappa shape index (κ3) is 4.38. The average molecular weight is 471 g/mol. The predicted molar refractivity (Wildman–Crippen MR) is 122 cm³/mol. The van der Waals surface area contributed by atoms with Gasteiger partial charge in [-0.05, 0) is 28.8 Å². The molecule has 2 amide bonds. The first-order chi connectivity index (χ1) is 15.3. The van der Waals surface area contributed by atoms with Gasteiger partial charge in [-0.25, -0.2) is 0 Å². The van der Waals surface area contributed by atoms with Crippen LogP contribution in [0.5, 0.6) is 11.5 Å². The molecule has 3 N–H and O–H groups in total. The summed E-state index contributed by atoms with van der Waals surface area (Å²) in [7, 11) is 0. The minimum Gasteiger partial charge on any atom is -0.507 e. The van der Waals surface area contributed by atoms with Gasteiger partial charge in [0.15, 0.2) is 0 Å². The van der Waals surface area contributed by atoms with E-state index in [-0.39, 0.29) is 35.3 Å². The highest BCUT2D eigenvalue weighted by atomic mass is 35.5. The SMILES string of the molecule is O=C(NCc1ccccc1Cl)[C@H]1Cc2ccccc2CN1C(=O)c1cc(Cl)c(O)cc1O. The number of hydrogen-bond donors (Lipinski definition) is 3. The zero-order chi connectivity index (χ0) is 22.8. The van der Waals surface area contributed by atoms with Crippen LogP contribution in [0.1, 0.15) is 27.0 Å². The Balaban J connectivity index is 1.64. The number of halogens is 2. The lowest BCUT2D eigenvalue weighted by Gasteiger charge is -2.36. The fraction of sp³-hybridized carbons (Fsp3) is 0.167. The van der Waals surface area contributed by atoms with Crippen LogP contribution in [0.25, 0.3) is 0 Å². The highest BCUT2D eigenvalue weighted by Gasteiger charge is 2.36. The van der Waals surface area contributed by atoms with E-state index < -0.39 is 17.7 Å². The molecule has 0 aliphatic carbocycles. The standard InChI is InChI=1S/C24H20Cl2N2O4/c25-18-8-4-3-6-15(18)12-27-23(31)20-9-14-5-1-2-7-16(14)13-28(20)24(32)17-10-19(26)22(30)11-21(17)29/h1-8,10-11,20,29-30H,9,12-13H2,(H,27,31)/t20-/m1/s1. The summed E-state index contributed by atoms with van der Waals surface area (Å²) in [5, 5.41) is 23.3. The number of rotatable bonds is 4. The number of carbonyl (C=O) groups excluding carboxylic acids is 2. The first-order valence-electron chi connectivity index (χ1n) is 9.95. The molecule has 1 aliphatic rings. The van der Waals surface area contributed by atoms with Crippen molar-refractivity contribution in [1.29, 1.82) is 0 Å². The fourth-order valence-corrected chi connectivity index (χ4v) is 4.16. The summed E-state index contributed by atoms with van der Waals surface area (Å²) in [6, 6.07) is 16.2. The Morgan fingerprint density at radius 1 is 0.938 bits per heavy atom. The van der Waals surface area contributed by atoms with Gasteiger partial charge in [0.25, 0.3) is 5.91 Å². The lowest BCUT2D eigenvalue weighted by atomic mass is 9.92. The molecule has 8 heteroatoms. The molecule has 0 fully saturated rings. The van der Waals surface area contributed by atoms with Gasteiger partial charge in [0.1, 0.15) is 17.5 Å². The number of carbonyl (C=O) groups is 2. The van der Waals surface area contributed by atoms with Crippen molar-refractivity contribution in [2.45, 2.75) is 25.6 Å². The van der Waals surface area contributed by atoms with E-state index in [0.29, 0.717) is 11.4 Å². The smallest absolute Gasteiger partial charge is 0.258 e. The van der Waals surface area contributed by atoms with E-state index in [2.05, 4.69) is 5.32 Å². The molecule has 0 aromatic heterocycles. The highest BCUT2D eigenvalue weighted by molar-refractivity contribution is 6.32. The number of nitrogens with zero attached hydrogens (tertiary/aromatic N) is 1. The van der Waals surface area contributed by atoms with Gasteiger partial charge in [-0.15, -0.1) is 0 Å². The molecule has 6 nitrogen and oxygen atoms in total. The van der Waals surface area contributed by atoms with Gasteiger partial charge in [-0.2, -0.15) is 0 Å². The van der Waals surface area contributed by atoms with Crippen LogP contribution in [-0.2, 0) is 24.3 Å². The normalized spacial score (nSPS) is 15.2. The number of aromatic hydroxyl groups is 2. The second kappa shape index (κ2) is 9.10. The molecular formula is C24H20Cl2N2O4. The lowest BCUT2D eigenvalue weighted by molar-refractivity contribution is -0.126. The monoisotopic (exact) mass is 470 g/mol. The number of phenolic OH excluding ortho intramolecular Hbond substituents is 2. The molecule has 0 bridgehead atoms. The molecule has 32 heavy (non-hydrogen) atoms. The number of phenols is 2. The summed E-state index contributed by atoms with van der Waals surface area (Å²) in [6.07, 6.45) is 0.322. The van der Waals surface area contributed by atoms with Crippen molar-refractivity contribution in [2.75, 3.05) is 0 Å². The van der Waals surface area contributed by atoms with Crippen LogP contribution in [0.15, 0.2) is 60.7 Å². The van der Waals surface area contributed by atoms with Crippen molar-refractivity contribution in [2.24, 2.45) is 0 Å². The molecule has 1 heterocycles. The molecule has 4 rings (SSSR count). The van der Waals surface area contributed by atoms with Crippen molar-refractivity contribution in [3.8, 4) is 11.5 Å². The van der Waals surface area contributed by atoms with Crippen LogP contribution in [0.3, 0.4) is 0 Å². The maximum Gasteiger partial charge on any atom is 0.258 e. The molecule has 0 saturated heterocycles. The van der Waals surface area contributed by atoms with Crippen molar-refractivity contribution < 1.29 is 19.8 Å². The number of nitrogens with one attached hydrogen (secondary N) is 1. The highest BCUT2D eigenvalue weighted by Crippen LogP contribution is 2.33.